The number of hydrogen-bond donors (Lipinski definition) is 2. The highest BCUT2D eigenvalue weighted by atomic mass is 35.5. The van der Waals surface area contributed by atoms with Crippen LogP contribution in [-0.4, -0.2) is 58.8 Å². The normalized spacial score (nSPS) is 15.5. The Morgan fingerprint density at radius 1 is 1.14 bits per heavy atom. The largest absolute Gasteiger partial charge is 0.481 e. The molecule has 3 aromatic rings. The number of hydrogen-bond acceptors (Lipinski definition) is 5. The summed E-state index contributed by atoms with van der Waals surface area (Å²) in [6.07, 6.45) is 0.511. The second-order valence-corrected chi connectivity index (χ2v) is 7.99. The van der Waals surface area contributed by atoms with E-state index in [0.29, 0.717) is 21.9 Å². The van der Waals surface area contributed by atoms with Crippen LogP contribution in [0.25, 0.3) is 21.9 Å². The maximum Gasteiger partial charge on any atom is 0.328 e. The third-order valence-electron chi connectivity index (χ3n) is 5.45. The first-order valence-electron chi connectivity index (χ1n) is 12.1. The van der Waals surface area contributed by atoms with Crippen molar-refractivity contribution in [2.24, 2.45) is 0 Å². The number of aromatic nitrogens is 1. The van der Waals surface area contributed by atoms with Crippen molar-refractivity contribution in [2.75, 3.05) is 19.8 Å². The number of ether oxygens (including phenoxy) is 2. The van der Waals surface area contributed by atoms with E-state index in [2.05, 4.69) is 4.98 Å². The van der Waals surface area contributed by atoms with E-state index in [4.69, 9.17) is 21.1 Å². The Hall–Kier alpha value is -3.43. The van der Waals surface area contributed by atoms with Gasteiger partial charge in [-0.2, -0.15) is 0 Å². The maximum absolute atomic E-state index is 13.5. The molecule has 8 nitrogen and oxygen atoms in total. The lowest BCUT2D eigenvalue weighted by Crippen LogP contribution is -2.55. The number of amides is 1. The third kappa shape index (κ3) is 6.87. The van der Waals surface area contributed by atoms with Crippen LogP contribution in [0.3, 0.4) is 0 Å². The zero-order chi connectivity index (χ0) is 27.7. The summed E-state index contributed by atoms with van der Waals surface area (Å²) in [5.41, 5.74) is 0.766. The van der Waals surface area contributed by atoms with Gasteiger partial charge in [0, 0.05) is 23.9 Å². The highest BCUT2D eigenvalue weighted by molar-refractivity contribution is 6.33. The molecule has 2 N–H and O–H groups in total. The molecule has 2 unspecified atom stereocenters. The van der Waals surface area contributed by atoms with E-state index in [9.17, 15) is 23.9 Å². The number of nitrogens with zero attached hydrogens (tertiary/aromatic N) is 1. The highest BCUT2D eigenvalue weighted by Gasteiger charge is 2.35. The van der Waals surface area contributed by atoms with Gasteiger partial charge < -0.3 is 24.5 Å². The lowest BCUT2D eigenvalue weighted by atomic mass is 10.0. The van der Waals surface area contributed by atoms with Gasteiger partial charge in [0.15, 0.2) is 12.1 Å². The Morgan fingerprint density at radius 2 is 1.84 bits per heavy atom. The molecule has 2 aromatic carbocycles. The molecular weight excluding hydrogens is 503 g/mol. The molecule has 10 heteroatoms. The van der Waals surface area contributed by atoms with Gasteiger partial charge in [0.05, 0.1) is 23.6 Å². The van der Waals surface area contributed by atoms with Crippen LogP contribution in [0.15, 0.2) is 47.4 Å². The van der Waals surface area contributed by atoms with Crippen molar-refractivity contribution in [3.8, 4) is 16.9 Å². The van der Waals surface area contributed by atoms with E-state index in [1.54, 1.807) is 12.1 Å². The predicted octanol–water partition coefficient (Wildman–Crippen LogP) is 5.12. The molecule has 1 saturated heterocycles. The quantitative estimate of drug-likeness (QED) is 0.470. The number of carboxylic acid groups (broad SMARTS) is 1. The molecule has 37 heavy (non-hydrogen) atoms. The van der Waals surface area contributed by atoms with Crippen LogP contribution in [0.2, 0.25) is 5.02 Å². The molecular formula is C27H32ClFN2O6. The number of benzene rings is 2. The maximum atomic E-state index is 13.5. The second-order valence-electron chi connectivity index (χ2n) is 7.58. The Balaban J connectivity index is 0.00000115. The van der Waals surface area contributed by atoms with Crippen LogP contribution in [0.4, 0.5) is 4.39 Å². The summed E-state index contributed by atoms with van der Waals surface area (Å²) >= 11 is 6.20. The van der Waals surface area contributed by atoms with Crippen LogP contribution in [0, 0.1) is 5.82 Å². The summed E-state index contributed by atoms with van der Waals surface area (Å²) in [5.74, 6) is -1.86. The number of rotatable bonds is 5. The minimum Gasteiger partial charge on any atom is -0.481 e. The molecule has 1 aliphatic heterocycles. The van der Waals surface area contributed by atoms with Gasteiger partial charge in [0.25, 0.3) is 11.5 Å². The highest BCUT2D eigenvalue weighted by Crippen LogP contribution is 2.33. The number of halogens is 2. The molecule has 0 bridgehead atoms. The molecule has 2 heterocycles. The van der Waals surface area contributed by atoms with Gasteiger partial charge in [-0.25, -0.2) is 9.18 Å². The van der Waals surface area contributed by atoms with Gasteiger partial charge in [0.1, 0.15) is 11.6 Å². The van der Waals surface area contributed by atoms with Gasteiger partial charge in [-0.05, 0) is 48.7 Å². The molecule has 200 valence electrons. The number of morpholine rings is 1. The first-order chi connectivity index (χ1) is 17.8. The standard InChI is InChI=1S/C23H20ClFN2O6.2C2H6/c1-12(22(29)27-6-7-32-11-20(27)23(30)31)33-14-3-5-15-17(9-14)21(28)26-10-18(15)16-4-2-13(25)8-19(16)24;2*1-2/h2-5,8-10,12,20H,6-7,11H2,1H3,(H,26,28)(H,30,31);2*1-2H3. The molecule has 0 saturated carbocycles. The summed E-state index contributed by atoms with van der Waals surface area (Å²) in [7, 11) is 0. The van der Waals surface area contributed by atoms with Crippen molar-refractivity contribution in [3.05, 3.63) is 63.8 Å². The van der Waals surface area contributed by atoms with Crippen LogP contribution in [0.1, 0.15) is 34.6 Å². The Bertz CT molecular complexity index is 1300. The smallest absolute Gasteiger partial charge is 0.328 e. The van der Waals surface area contributed by atoms with Crippen LogP contribution in [-0.2, 0) is 14.3 Å². The summed E-state index contributed by atoms with van der Waals surface area (Å²) in [4.78, 5) is 40.6. The second kappa shape index (κ2) is 13.8. The number of carbonyl (C=O) groups is 2. The topological polar surface area (TPSA) is 109 Å². The summed E-state index contributed by atoms with van der Waals surface area (Å²) in [5, 5.41) is 10.4. The fraction of sp³-hybridized carbons (Fsp3) is 0.370. The molecule has 1 amide bonds. The Kier molecular flexibility index (Phi) is 11.1. The van der Waals surface area contributed by atoms with Gasteiger partial charge >= 0.3 is 5.97 Å². The first-order valence-corrected chi connectivity index (χ1v) is 12.5. The van der Waals surface area contributed by atoms with E-state index in [-0.39, 0.29) is 36.1 Å². The number of aromatic amines is 1. The number of fused-ring (bicyclic) bond motifs is 1. The predicted molar refractivity (Wildman–Crippen MR) is 142 cm³/mol. The number of aliphatic carboxylic acids is 1. The molecule has 2 atom stereocenters. The molecule has 1 aliphatic rings. The fourth-order valence-electron chi connectivity index (χ4n) is 3.80. The van der Waals surface area contributed by atoms with Crippen molar-refractivity contribution < 1.29 is 28.6 Å². The summed E-state index contributed by atoms with van der Waals surface area (Å²) in [6.45, 7) is 9.80. The SMILES string of the molecule is CC.CC.CC(Oc1ccc2c(-c3ccc(F)cc3Cl)c[nH]c(=O)c2c1)C(=O)N1CCOCC1C(=O)O. The van der Waals surface area contributed by atoms with Gasteiger partial charge in [-0.15, -0.1) is 0 Å². The molecule has 1 aromatic heterocycles. The molecule has 0 aliphatic carbocycles. The minimum absolute atomic E-state index is 0.0894. The van der Waals surface area contributed by atoms with Crippen molar-refractivity contribution in [1.82, 2.24) is 9.88 Å². The van der Waals surface area contributed by atoms with Crippen molar-refractivity contribution >= 4 is 34.2 Å². The van der Waals surface area contributed by atoms with Gasteiger partial charge in [-0.3, -0.25) is 9.59 Å². The monoisotopic (exact) mass is 534 g/mol. The van der Waals surface area contributed by atoms with Crippen molar-refractivity contribution in [1.29, 1.82) is 0 Å². The lowest BCUT2D eigenvalue weighted by Gasteiger charge is -2.34. The van der Waals surface area contributed by atoms with Crippen LogP contribution in [0.5, 0.6) is 5.75 Å². The zero-order valence-corrected chi connectivity index (χ0v) is 22.3. The van der Waals surface area contributed by atoms with E-state index in [1.807, 2.05) is 27.7 Å². The Labute approximate surface area is 220 Å². The van der Waals surface area contributed by atoms with Gasteiger partial charge in [0.2, 0.25) is 0 Å². The lowest BCUT2D eigenvalue weighted by molar-refractivity contribution is -0.161. The van der Waals surface area contributed by atoms with Crippen LogP contribution < -0.4 is 10.3 Å². The average molecular weight is 535 g/mol. The fourth-order valence-corrected chi connectivity index (χ4v) is 4.07. The number of H-pyrrole nitrogens is 1. The molecule has 1 fully saturated rings. The molecule has 0 radical (unpaired) electrons. The van der Waals surface area contributed by atoms with E-state index in [1.165, 1.54) is 42.3 Å². The number of pyridine rings is 1. The average Bonchev–Trinajstić information content (AvgIpc) is 2.91. The number of nitrogens with one attached hydrogen (secondary N) is 1. The third-order valence-corrected chi connectivity index (χ3v) is 5.76. The molecule has 0 spiro atoms. The number of carbonyl (C=O) groups excluding carboxylic acids is 1. The van der Waals surface area contributed by atoms with Gasteiger partial charge in [-0.1, -0.05) is 39.3 Å². The number of carboxylic acids is 1. The van der Waals surface area contributed by atoms with Crippen LogP contribution >= 0.6 is 11.6 Å². The summed E-state index contributed by atoms with van der Waals surface area (Å²) in [6, 6.07) is 7.65. The van der Waals surface area contributed by atoms with Crippen molar-refractivity contribution in [3.63, 3.8) is 0 Å². The summed E-state index contributed by atoms with van der Waals surface area (Å²) < 4.78 is 24.4. The molecule has 4 rings (SSSR count). The Morgan fingerprint density at radius 3 is 2.49 bits per heavy atom. The van der Waals surface area contributed by atoms with E-state index >= 15 is 0 Å². The van der Waals surface area contributed by atoms with E-state index in [0.717, 1.165) is 0 Å². The first kappa shape index (κ1) is 29.8. The van der Waals surface area contributed by atoms with E-state index < -0.39 is 29.8 Å². The minimum atomic E-state index is -1.15. The zero-order valence-electron chi connectivity index (χ0n) is 21.5. The van der Waals surface area contributed by atoms with Crippen molar-refractivity contribution in [2.45, 2.75) is 46.8 Å².